The molecule has 28 heavy (non-hydrogen) atoms. The average Bonchev–Trinajstić information content (AvgIpc) is 3.14. The van der Waals surface area contributed by atoms with Crippen LogP contribution < -0.4 is 5.32 Å². The molecule has 2 aromatic rings. The number of aromatic nitrogens is 2. The Morgan fingerprint density at radius 1 is 1.36 bits per heavy atom. The number of rotatable bonds is 7. The second-order valence-electron chi connectivity index (χ2n) is 7.05. The Morgan fingerprint density at radius 2 is 2.21 bits per heavy atom. The number of benzene rings is 1. The maximum absolute atomic E-state index is 12.1. The number of ether oxygens (including phenoxy) is 1. The topological polar surface area (TPSA) is 71.8 Å². The normalized spacial score (nSPS) is 17.7. The number of hydrogen-bond donors (Lipinski definition) is 1. The number of aliphatic imine (C=N–C) groups is 1. The highest BCUT2D eigenvalue weighted by Crippen LogP contribution is 2.18. The van der Waals surface area contributed by atoms with E-state index < -0.39 is 0 Å². The van der Waals surface area contributed by atoms with Crippen LogP contribution in [0.2, 0.25) is 0 Å². The summed E-state index contributed by atoms with van der Waals surface area (Å²) >= 11 is 0. The highest BCUT2D eigenvalue weighted by molar-refractivity contribution is 5.81. The van der Waals surface area contributed by atoms with Gasteiger partial charge in [-0.3, -0.25) is 9.79 Å². The number of fused-ring (bicyclic) bond motifs is 1. The highest BCUT2D eigenvalue weighted by Gasteiger charge is 2.28. The van der Waals surface area contributed by atoms with Crippen molar-refractivity contribution in [2.45, 2.75) is 39.7 Å². The number of hydrogen-bond acceptors (Lipinski definition) is 4. The third kappa shape index (κ3) is 5.03. The first-order valence-corrected chi connectivity index (χ1v) is 10.3. The molecule has 0 radical (unpaired) electrons. The summed E-state index contributed by atoms with van der Waals surface area (Å²) in [6.45, 7) is 8.39. The fourth-order valence-corrected chi connectivity index (χ4v) is 3.66. The lowest BCUT2D eigenvalue weighted by Crippen LogP contribution is -2.48. The zero-order chi connectivity index (χ0) is 19.8. The Morgan fingerprint density at radius 3 is 3.04 bits per heavy atom. The van der Waals surface area contributed by atoms with Gasteiger partial charge in [0, 0.05) is 32.7 Å². The van der Waals surface area contributed by atoms with Crippen molar-refractivity contribution < 1.29 is 9.53 Å². The molecule has 1 fully saturated rings. The fraction of sp³-hybridized carbons (Fsp3) is 0.571. The van der Waals surface area contributed by atoms with Crippen LogP contribution in [0, 0.1) is 5.92 Å². The zero-order valence-electron chi connectivity index (χ0n) is 16.9. The van der Waals surface area contributed by atoms with Crippen LogP contribution >= 0.6 is 0 Å². The quantitative estimate of drug-likeness (QED) is 0.343. The highest BCUT2D eigenvalue weighted by atomic mass is 16.5. The van der Waals surface area contributed by atoms with E-state index in [4.69, 9.17) is 9.73 Å². The average molecular weight is 386 g/mol. The number of para-hydroxylation sites is 2. The van der Waals surface area contributed by atoms with Crippen molar-refractivity contribution in [1.82, 2.24) is 19.8 Å². The first-order chi connectivity index (χ1) is 13.7. The van der Waals surface area contributed by atoms with Gasteiger partial charge in [-0.1, -0.05) is 12.1 Å². The van der Waals surface area contributed by atoms with Gasteiger partial charge in [0.05, 0.1) is 29.9 Å². The van der Waals surface area contributed by atoms with Crippen molar-refractivity contribution in [2.75, 3.05) is 32.8 Å². The van der Waals surface area contributed by atoms with E-state index in [9.17, 15) is 4.79 Å². The first kappa shape index (κ1) is 20.2. The van der Waals surface area contributed by atoms with Gasteiger partial charge < -0.3 is 19.5 Å². The predicted octanol–water partition coefficient (Wildman–Crippen LogP) is 2.67. The SMILES string of the molecule is CCNC(=NCCCn1cnc2ccccc21)N1CCCC(C(=O)OCC)C1. The number of imidazole rings is 1. The Hall–Kier alpha value is -2.57. The molecule has 7 nitrogen and oxygen atoms in total. The van der Waals surface area contributed by atoms with Crippen molar-refractivity contribution >= 4 is 23.0 Å². The van der Waals surface area contributed by atoms with Gasteiger partial charge in [-0.25, -0.2) is 4.98 Å². The molecule has 0 spiro atoms. The summed E-state index contributed by atoms with van der Waals surface area (Å²) in [5, 5.41) is 3.37. The molecule has 0 amide bonds. The Bertz CT molecular complexity index is 801. The lowest BCUT2D eigenvalue weighted by molar-refractivity contribution is -0.149. The number of nitrogens with one attached hydrogen (secondary N) is 1. The van der Waals surface area contributed by atoms with E-state index >= 15 is 0 Å². The number of carbonyl (C=O) groups excluding carboxylic acids is 1. The standard InChI is InChI=1S/C21H31N5O2/c1-3-22-21(25-13-7-9-17(15-25)20(27)28-4-2)23-12-8-14-26-16-24-18-10-5-6-11-19(18)26/h5-6,10-11,16-17H,3-4,7-9,12-15H2,1-2H3,(H,22,23). The molecule has 1 atom stereocenters. The van der Waals surface area contributed by atoms with Crippen molar-refractivity contribution in [3.63, 3.8) is 0 Å². The third-order valence-corrected chi connectivity index (χ3v) is 5.02. The minimum Gasteiger partial charge on any atom is -0.466 e. The summed E-state index contributed by atoms with van der Waals surface area (Å²) < 4.78 is 7.39. The molecule has 0 saturated carbocycles. The van der Waals surface area contributed by atoms with Gasteiger partial charge in [0.15, 0.2) is 5.96 Å². The number of esters is 1. The van der Waals surface area contributed by atoms with Crippen LogP contribution in [0.25, 0.3) is 11.0 Å². The minimum absolute atomic E-state index is 0.0603. The van der Waals surface area contributed by atoms with Gasteiger partial charge in [0.2, 0.25) is 0 Å². The van der Waals surface area contributed by atoms with Crippen LogP contribution in [0.4, 0.5) is 0 Å². The number of aryl methyl sites for hydroxylation is 1. The smallest absolute Gasteiger partial charge is 0.310 e. The largest absolute Gasteiger partial charge is 0.466 e. The summed E-state index contributed by atoms with van der Waals surface area (Å²) in [7, 11) is 0. The molecule has 3 rings (SSSR count). The van der Waals surface area contributed by atoms with Crippen LogP contribution in [-0.4, -0.2) is 59.2 Å². The van der Waals surface area contributed by atoms with Crippen LogP contribution in [0.1, 0.15) is 33.1 Å². The molecule has 0 aliphatic carbocycles. The fourth-order valence-electron chi connectivity index (χ4n) is 3.66. The third-order valence-electron chi connectivity index (χ3n) is 5.02. The number of guanidine groups is 1. The van der Waals surface area contributed by atoms with Crippen molar-refractivity contribution in [3.05, 3.63) is 30.6 Å². The molecule has 1 aliphatic heterocycles. The van der Waals surface area contributed by atoms with Crippen LogP contribution in [0.3, 0.4) is 0 Å². The molecule has 2 heterocycles. The van der Waals surface area contributed by atoms with E-state index in [-0.39, 0.29) is 11.9 Å². The van der Waals surface area contributed by atoms with Gasteiger partial charge >= 0.3 is 5.97 Å². The maximum Gasteiger partial charge on any atom is 0.310 e. The minimum atomic E-state index is -0.0879. The Balaban J connectivity index is 1.57. The summed E-state index contributed by atoms with van der Waals surface area (Å²) in [6, 6.07) is 8.18. The second kappa shape index (κ2) is 10.1. The van der Waals surface area contributed by atoms with Crippen molar-refractivity contribution in [1.29, 1.82) is 0 Å². The van der Waals surface area contributed by atoms with Crippen LogP contribution in [0.15, 0.2) is 35.6 Å². The molecule has 0 bridgehead atoms. The maximum atomic E-state index is 12.1. The van der Waals surface area contributed by atoms with E-state index in [1.807, 2.05) is 31.5 Å². The van der Waals surface area contributed by atoms with E-state index in [1.54, 1.807) is 0 Å². The van der Waals surface area contributed by atoms with Gasteiger partial charge in [-0.15, -0.1) is 0 Å². The van der Waals surface area contributed by atoms with E-state index in [1.165, 1.54) is 0 Å². The summed E-state index contributed by atoms with van der Waals surface area (Å²) in [6.07, 6.45) is 4.70. The number of carbonyl (C=O) groups is 1. The lowest BCUT2D eigenvalue weighted by Gasteiger charge is -2.34. The molecular formula is C21H31N5O2. The molecule has 1 N–H and O–H groups in total. The van der Waals surface area contributed by atoms with Gasteiger partial charge in [0.25, 0.3) is 0 Å². The van der Waals surface area contributed by atoms with Gasteiger partial charge in [0.1, 0.15) is 0 Å². The van der Waals surface area contributed by atoms with Gasteiger partial charge in [-0.2, -0.15) is 0 Å². The number of likely N-dealkylation sites (tertiary alicyclic amines) is 1. The lowest BCUT2D eigenvalue weighted by atomic mass is 9.98. The summed E-state index contributed by atoms with van der Waals surface area (Å²) in [5.41, 5.74) is 2.18. The van der Waals surface area contributed by atoms with Crippen LogP contribution in [0.5, 0.6) is 0 Å². The van der Waals surface area contributed by atoms with Crippen molar-refractivity contribution in [3.8, 4) is 0 Å². The Labute approximate surface area is 166 Å². The van der Waals surface area contributed by atoms with E-state index in [2.05, 4.69) is 32.8 Å². The van der Waals surface area contributed by atoms with Crippen molar-refractivity contribution in [2.24, 2.45) is 10.9 Å². The summed E-state index contributed by atoms with van der Waals surface area (Å²) in [5.74, 6) is 0.747. The summed E-state index contributed by atoms with van der Waals surface area (Å²) in [4.78, 5) is 23.5. The molecule has 152 valence electrons. The van der Waals surface area contributed by atoms with E-state index in [0.717, 1.165) is 62.4 Å². The molecule has 1 aromatic carbocycles. The predicted molar refractivity (Wildman–Crippen MR) is 111 cm³/mol. The molecule has 1 saturated heterocycles. The Kier molecular flexibility index (Phi) is 7.28. The molecule has 1 aliphatic rings. The monoisotopic (exact) mass is 385 g/mol. The zero-order valence-corrected chi connectivity index (χ0v) is 16.9. The molecular weight excluding hydrogens is 354 g/mol. The first-order valence-electron chi connectivity index (χ1n) is 10.3. The molecule has 7 heteroatoms. The second-order valence-corrected chi connectivity index (χ2v) is 7.05. The number of piperidine rings is 1. The molecule has 1 aromatic heterocycles. The number of nitrogens with zero attached hydrogens (tertiary/aromatic N) is 4. The van der Waals surface area contributed by atoms with E-state index in [0.29, 0.717) is 13.2 Å². The van der Waals surface area contributed by atoms with Crippen LogP contribution in [-0.2, 0) is 16.1 Å². The van der Waals surface area contributed by atoms with Gasteiger partial charge in [-0.05, 0) is 45.2 Å². The molecule has 1 unspecified atom stereocenters.